The van der Waals surface area contributed by atoms with Crippen molar-refractivity contribution in [3.8, 4) is 22.6 Å². The molecule has 4 nitrogen and oxygen atoms in total. The van der Waals surface area contributed by atoms with E-state index < -0.39 is 8.07 Å². The van der Waals surface area contributed by atoms with Gasteiger partial charge in [0.25, 0.3) is 0 Å². The molecule has 8 rings (SSSR count). The van der Waals surface area contributed by atoms with Crippen molar-refractivity contribution in [2.45, 2.75) is 40.0 Å². The molecule has 8 aromatic rings. The molecule has 0 atom stereocenters. The van der Waals surface area contributed by atoms with E-state index in [9.17, 15) is 0 Å². The van der Waals surface area contributed by atoms with Gasteiger partial charge >= 0.3 is 0 Å². The molecule has 0 bridgehead atoms. The molecule has 0 saturated carbocycles. The van der Waals surface area contributed by atoms with E-state index in [0.717, 1.165) is 62.2 Å². The molecule has 3 heterocycles. The molecule has 0 aliphatic rings. The Bertz CT molecular complexity index is 2330. The summed E-state index contributed by atoms with van der Waals surface area (Å²) in [7, 11) is -1.28. The Hall–Kier alpha value is -4.61. The Morgan fingerprint density at radius 1 is 0.792 bits per heavy atom. The predicted molar refractivity (Wildman–Crippen MR) is 198 cm³/mol. The second kappa shape index (κ2) is 13.9. The Balaban J connectivity index is 0.000000183. The largest absolute Gasteiger partial charge is 0.501 e. The molecule has 0 aliphatic heterocycles. The van der Waals surface area contributed by atoms with Crippen molar-refractivity contribution in [3.05, 3.63) is 150 Å². The van der Waals surface area contributed by atoms with E-state index in [1.807, 2.05) is 42.5 Å². The van der Waals surface area contributed by atoms with E-state index in [0.29, 0.717) is 0 Å². The molecule has 1 radical (unpaired) electrons. The Morgan fingerprint density at radius 2 is 1.54 bits per heavy atom. The van der Waals surface area contributed by atoms with Gasteiger partial charge < -0.3 is 14.0 Å². The number of furan rings is 1. The van der Waals surface area contributed by atoms with Crippen LogP contribution in [-0.2, 0) is 26.7 Å². The van der Waals surface area contributed by atoms with E-state index in [2.05, 4.69) is 134 Å². The average Bonchev–Trinajstić information content (AvgIpc) is 3.64. The van der Waals surface area contributed by atoms with Crippen LogP contribution in [0.2, 0.25) is 19.6 Å². The van der Waals surface area contributed by atoms with Gasteiger partial charge in [0, 0.05) is 38.2 Å². The zero-order valence-electron chi connectivity index (χ0n) is 27.8. The summed E-state index contributed by atoms with van der Waals surface area (Å²) in [4.78, 5) is 9.58. The normalized spacial score (nSPS) is 11.4. The summed E-state index contributed by atoms with van der Waals surface area (Å²) in [6.07, 6.45) is 2.06. The van der Waals surface area contributed by atoms with Crippen molar-refractivity contribution in [2.24, 2.45) is 0 Å². The maximum Gasteiger partial charge on any atom is 0.120 e. The summed E-state index contributed by atoms with van der Waals surface area (Å²) in [5.74, 6) is 0.875. The number of hydrogen-bond acceptors (Lipinski definition) is 3. The molecule has 6 heteroatoms. The van der Waals surface area contributed by atoms with Crippen molar-refractivity contribution in [2.75, 3.05) is 0 Å². The minimum atomic E-state index is -1.28. The van der Waals surface area contributed by atoms with E-state index in [-0.39, 0.29) is 20.1 Å². The molecule has 0 fully saturated rings. The van der Waals surface area contributed by atoms with Gasteiger partial charge in [0.15, 0.2) is 0 Å². The maximum absolute atomic E-state index is 6.25. The van der Waals surface area contributed by atoms with E-state index >= 15 is 0 Å². The van der Waals surface area contributed by atoms with Crippen molar-refractivity contribution >= 4 is 46.2 Å². The van der Waals surface area contributed by atoms with Gasteiger partial charge in [-0.15, -0.1) is 53.6 Å². The molecule has 0 amide bonds. The zero-order valence-corrected chi connectivity index (χ0v) is 31.2. The minimum Gasteiger partial charge on any atom is -0.501 e. The van der Waals surface area contributed by atoms with Gasteiger partial charge in [0.05, 0.1) is 30.5 Å². The average molecular weight is 820 g/mol. The fraction of sp³-hybridized carbons (Fsp3) is 0.143. The van der Waals surface area contributed by atoms with Gasteiger partial charge in [0.1, 0.15) is 5.58 Å². The topological polar surface area (TPSA) is 43.9 Å². The Morgan fingerprint density at radius 3 is 2.29 bits per heavy atom. The quantitative estimate of drug-likeness (QED) is 0.128. The first kappa shape index (κ1) is 33.3. The van der Waals surface area contributed by atoms with Crippen LogP contribution in [0, 0.1) is 26.0 Å². The van der Waals surface area contributed by atoms with Gasteiger partial charge in [-0.2, -0.15) is 0 Å². The smallest absolute Gasteiger partial charge is 0.120 e. The van der Waals surface area contributed by atoms with Crippen LogP contribution in [0.4, 0.5) is 0 Å². The summed E-state index contributed by atoms with van der Waals surface area (Å²) in [5, 5.41) is 3.65. The van der Waals surface area contributed by atoms with Crippen LogP contribution < -0.4 is 5.19 Å². The van der Waals surface area contributed by atoms with E-state index in [4.69, 9.17) is 9.40 Å². The van der Waals surface area contributed by atoms with Crippen molar-refractivity contribution in [1.29, 1.82) is 0 Å². The minimum absolute atomic E-state index is 0. The van der Waals surface area contributed by atoms with Crippen LogP contribution in [0.1, 0.15) is 16.7 Å². The van der Waals surface area contributed by atoms with E-state index in [1.165, 1.54) is 21.9 Å². The number of aromatic nitrogens is 3. The first-order valence-electron chi connectivity index (χ1n) is 16.0. The zero-order chi connectivity index (χ0) is 32.5. The van der Waals surface area contributed by atoms with Crippen LogP contribution in [-0.4, -0.2) is 22.6 Å². The monoisotopic (exact) mass is 820 g/mol. The summed E-state index contributed by atoms with van der Waals surface area (Å²) >= 11 is 0. The molecular weight excluding hydrogens is 783 g/mol. The standard InChI is InChI=1S/C26H17N2O.C16H20NSi.Ir/c1-2-9-18(10-3-1)17-28-23-15-6-5-14-22(23)27-26(28)21-13-8-12-20-19-11-4-7-16-24(19)29-25(20)21;1-12-6-8-14(9-7-12)15-10-13(2)16(11-17-15)18(3,4)5;/h1-12,14-16H,17H2;6-8,10-11H,1-5H3;/q2*-1;. The fourth-order valence-corrected chi connectivity index (χ4v) is 7.91. The van der Waals surface area contributed by atoms with Gasteiger partial charge in [-0.25, -0.2) is 0 Å². The molecule has 0 N–H and O–H groups in total. The number of pyridine rings is 1. The fourth-order valence-electron chi connectivity index (χ4n) is 6.20. The molecule has 0 saturated heterocycles. The summed E-state index contributed by atoms with van der Waals surface area (Å²) in [6.45, 7) is 12.1. The van der Waals surface area contributed by atoms with Crippen LogP contribution in [0.25, 0.3) is 55.6 Å². The van der Waals surface area contributed by atoms with Crippen molar-refractivity contribution in [3.63, 3.8) is 0 Å². The van der Waals surface area contributed by atoms with Gasteiger partial charge in [-0.3, -0.25) is 4.98 Å². The molecule has 0 spiro atoms. The van der Waals surface area contributed by atoms with Gasteiger partial charge in [0.2, 0.25) is 0 Å². The molecule has 48 heavy (non-hydrogen) atoms. The number of nitrogens with zero attached hydrogens (tertiary/aromatic N) is 3. The number of fused-ring (bicyclic) bond motifs is 4. The summed E-state index contributed by atoms with van der Waals surface area (Å²) in [5.41, 5.74) is 10.6. The third-order valence-corrected chi connectivity index (χ3v) is 10.7. The SMILES string of the molecule is Cc1c[c-]c(-c2cc(C)c([Si](C)(C)C)cn2)cc1.[Ir].[c-]1ccc2c(oc3ccccc32)c1-c1nc2ccccc2n1Cc1ccccc1. The number of para-hydroxylation sites is 3. The van der Waals surface area contributed by atoms with Crippen molar-refractivity contribution < 1.29 is 24.5 Å². The van der Waals surface area contributed by atoms with Crippen molar-refractivity contribution in [1.82, 2.24) is 14.5 Å². The second-order valence-electron chi connectivity index (χ2n) is 13.1. The molecular formula is C42H37IrN3OSi-2. The number of benzene rings is 5. The van der Waals surface area contributed by atoms with Crippen LogP contribution in [0.3, 0.4) is 0 Å². The summed E-state index contributed by atoms with van der Waals surface area (Å²) < 4.78 is 8.51. The number of hydrogen-bond donors (Lipinski definition) is 0. The Labute approximate surface area is 296 Å². The number of rotatable bonds is 5. The maximum atomic E-state index is 6.25. The molecule has 241 valence electrons. The van der Waals surface area contributed by atoms with Crippen LogP contribution >= 0.6 is 0 Å². The first-order chi connectivity index (χ1) is 22.8. The predicted octanol–water partition coefficient (Wildman–Crippen LogP) is 10.2. The first-order valence-corrected chi connectivity index (χ1v) is 19.5. The second-order valence-corrected chi connectivity index (χ2v) is 18.1. The molecule has 3 aromatic heterocycles. The molecule has 5 aromatic carbocycles. The van der Waals surface area contributed by atoms with Gasteiger partial charge in [-0.05, 0) is 41.6 Å². The molecule has 0 unspecified atom stereocenters. The van der Waals surface area contributed by atoms with E-state index in [1.54, 1.807) is 0 Å². The number of aryl methyl sites for hydroxylation is 2. The van der Waals surface area contributed by atoms with Crippen LogP contribution in [0.15, 0.2) is 126 Å². The third-order valence-electron chi connectivity index (χ3n) is 8.56. The number of imidazole rings is 1. The third kappa shape index (κ3) is 6.70. The van der Waals surface area contributed by atoms with Gasteiger partial charge in [-0.1, -0.05) is 110 Å². The Kier molecular flexibility index (Phi) is 9.61. The summed E-state index contributed by atoms with van der Waals surface area (Å²) in [6, 6.07) is 46.0. The van der Waals surface area contributed by atoms with Crippen LogP contribution in [0.5, 0.6) is 0 Å². The molecule has 0 aliphatic carbocycles.